The summed E-state index contributed by atoms with van der Waals surface area (Å²) in [6.07, 6.45) is 6.31. The molecule has 31 heavy (non-hydrogen) atoms. The minimum Gasteiger partial charge on any atom is -0.481 e. The van der Waals surface area contributed by atoms with Crippen LogP contribution in [0.5, 0.6) is 0 Å². The van der Waals surface area contributed by atoms with E-state index in [-0.39, 0.29) is 30.6 Å². The molecule has 0 fully saturated rings. The van der Waals surface area contributed by atoms with Gasteiger partial charge in [-0.25, -0.2) is 0 Å². The molecule has 0 aromatic heterocycles. The standard InChI is InChI=1S/C25H40O6/c1-6-25(4,5)24(30)31-22-12-17-11-15(2)7-9-21(17)20(16(22)3)10-8-18(26)13-19(27)14-23(28)29/h11-12,15-16,18-21,26-27H,6-10,13-14H2,1-5H3,(H,28,29)/t15-,16+,18-,19-,20-,21+/m1/s1. The van der Waals surface area contributed by atoms with E-state index in [9.17, 15) is 19.8 Å². The minimum absolute atomic E-state index is 0.0447. The number of hydrogen-bond donors (Lipinski definition) is 3. The van der Waals surface area contributed by atoms with Gasteiger partial charge in [-0.3, -0.25) is 9.59 Å². The Morgan fingerprint density at radius 2 is 1.87 bits per heavy atom. The van der Waals surface area contributed by atoms with Crippen molar-refractivity contribution in [2.24, 2.45) is 29.1 Å². The summed E-state index contributed by atoms with van der Waals surface area (Å²) < 4.78 is 5.90. The molecule has 2 aliphatic carbocycles. The number of carboxylic acids is 1. The molecule has 0 radical (unpaired) electrons. The van der Waals surface area contributed by atoms with Crippen molar-refractivity contribution >= 4 is 11.9 Å². The highest BCUT2D eigenvalue weighted by Crippen LogP contribution is 2.46. The summed E-state index contributed by atoms with van der Waals surface area (Å²) in [5.41, 5.74) is 0.678. The summed E-state index contributed by atoms with van der Waals surface area (Å²) in [6, 6.07) is 0. The van der Waals surface area contributed by atoms with Crippen molar-refractivity contribution in [2.75, 3.05) is 0 Å². The van der Waals surface area contributed by atoms with Crippen molar-refractivity contribution in [3.63, 3.8) is 0 Å². The zero-order valence-corrected chi connectivity index (χ0v) is 19.6. The lowest BCUT2D eigenvalue weighted by Crippen LogP contribution is -2.35. The number of fused-ring (bicyclic) bond motifs is 1. The second kappa shape index (κ2) is 10.8. The maximum atomic E-state index is 12.7. The van der Waals surface area contributed by atoms with E-state index in [2.05, 4.69) is 26.0 Å². The fourth-order valence-corrected chi connectivity index (χ4v) is 4.68. The molecular weight excluding hydrogens is 396 g/mol. The first-order chi connectivity index (χ1) is 14.4. The second-order valence-corrected chi connectivity index (χ2v) is 10.2. The number of carboxylic acid groups (broad SMARTS) is 1. The largest absolute Gasteiger partial charge is 0.481 e. The van der Waals surface area contributed by atoms with Crippen LogP contribution >= 0.6 is 0 Å². The number of carbonyl (C=O) groups is 2. The van der Waals surface area contributed by atoms with Gasteiger partial charge in [0.05, 0.1) is 24.0 Å². The Labute approximate surface area is 186 Å². The monoisotopic (exact) mass is 436 g/mol. The third-order valence-corrected chi connectivity index (χ3v) is 7.19. The molecular formula is C25H40O6. The van der Waals surface area contributed by atoms with Gasteiger partial charge in [-0.05, 0) is 81.8 Å². The Kier molecular flexibility index (Phi) is 8.90. The minimum atomic E-state index is -1.07. The predicted molar refractivity (Wildman–Crippen MR) is 119 cm³/mol. The average molecular weight is 437 g/mol. The maximum absolute atomic E-state index is 12.7. The maximum Gasteiger partial charge on any atom is 0.316 e. The molecule has 2 rings (SSSR count). The summed E-state index contributed by atoms with van der Waals surface area (Å²) in [6.45, 7) is 10.0. The molecule has 0 spiro atoms. The number of esters is 1. The van der Waals surface area contributed by atoms with E-state index in [1.165, 1.54) is 5.57 Å². The molecule has 0 unspecified atom stereocenters. The van der Waals surface area contributed by atoms with E-state index >= 15 is 0 Å². The van der Waals surface area contributed by atoms with Crippen LogP contribution in [0, 0.1) is 29.1 Å². The molecule has 0 aromatic rings. The highest BCUT2D eigenvalue weighted by atomic mass is 16.5. The van der Waals surface area contributed by atoms with E-state index < -0.39 is 23.6 Å². The third kappa shape index (κ3) is 6.91. The van der Waals surface area contributed by atoms with Gasteiger partial charge in [-0.2, -0.15) is 0 Å². The van der Waals surface area contributed by atoms with Gasteiger partial charge in [0.15, 0.2) is 0 Å². The van der Waals surface area contributed by atoms with Crippen molar-refractivity contribution in [3.05, 3.63) is 23.5 Å². The Morgan fingerprint density at radius 1 is 1.19 bits per heavy atom. The SMILES string of the molecule is CCC(C)(C)C(=O)OC1=CC2=C[C@H](C)CC[C@@H]2[C@H](CC[C@@H](O)C[C@@H](O)CC(=O)O)[C@@H]1C. The summed E-state index contributed by atoms with van der Waals surface area (Å²) in [5, 5.41) is 29.0. The van der Waals surface area contributed by atoms with Crippen LogP contribution in [-0.4, -0.2) is 39.5 Å². The Balaban J connectivity index is 2.13. The van der Waals surface area contributed by atoms with Gasteiger partial charge < -0.3 is 20.1 Å². The number of rotatable bonds is 10. The normalized spacial score (nSPS) is 28.1. The first kappa shape index (κ1) is 25.6. The molecule has 3 N–H and O–H groups in total. The summed E-state index contributed by atoms with van der Waals surface area (Å²) in [5.74, 6) is 0.533. The number of aliphatic hydroxyl groups is 2. The third-order valence-electron chi connectivity index (χ3n) is 7.19. The Morgan fingerprint density at radius 3 is 2.48 bits per heavy atom. The van der Waals surface area contributed by atoms with Crippen LogP contribution < -0.4 is 0 Å². The van der Waals surface area contributed by atoms with E-state index in [1.54, 1.807) is 0 Å². The van der Waals surface area contributed by atoms with Gasteiger partial charge in [0, 0.05) is 5.92 Å². The second-order valence-electron chi connectivity index (χ2n) is 10.2. The fourth-order valence-electron chi connectivity index (χ4n) is 4.68. The first-order valence-electron chi connectivity index (χ1n) is 11.7. The van der Waals surface area contributed by atoms with Crippen LogP contribution in [0.4, 0.5) is 0 Å². The quantitative estimate of drug-likeness (QED) is 0.437. The molecule has 0 aromatic carbocycles. The highest BCUT2D eigenvalue weighted by Gasteiger charge is 2.39. The molecule has 0 bridgehead atoms. The molecule has 0 amide bonds. The van der Waals surface area contributed by atoms with E-state index in [0.29, 0.717) is 30.4 Å². The van der Waals surface area contributed by atoms with Crippen LogP contribution in [0.2, 0.25) is 0 Å². The van der Waals surface area contributed by atoms with E-state index in [0.717, 1.165) is 19.3 Å². The molecule has 0 heterocycles. The summed E-state index contributed by atoms with van der Waals surface area (Å²) in [7, 11) is 0. The van der Waals surface area contributed by atoms with Crippen LogP contribution in [0.25, 0.3) is 0 Å². The Hall–Kier alpha value is -1.66. The molecule has 2 aliphatic rings. The smallest absolute Gasteiger partial charge is 0.316 e. The van der Waals surface area contributed by atoms with Gasteiger partial charge in [0.25, 0.3) is 0 Å². The van der Waals surface area contributed by atoms with Crippen LogP contribution in [0.3, 0.4) is 0 Å². The molecule has 0 saturated heterocycles. The van der Waals surface area contributed by atoms with Crippen molar-refractivity contribution in [1.29, 1.82) is 0 Å². The topological polar surface area (TPSA) is 104 Å². The average Bonchev–Trinajstić information content (AvgIpc) is 2.67. The lowest BCUT2D eigenvalue weighted by atomic mass is 9.66. The molecule has 0 saturated carbocycles. The highest BCUT2D eigenvalue weighted by molar-refractivity contribution is 5.77. The molecule has 6 nitrogen and oxygen atoms in total. The number of aliphatic carboxylic acids is 1. The Bertz CT molecular complexity index is 707. The molecule has 6 atom stereocenters. The zero-order chi connectivity index (χ0) is 23.3. The van der Waals surface area contributed by atoms with Crippen molar-refractivity contribution in [3.8, 4) is 0 Å². The number of allylic oxidation sites excluding steroid dienone is 4. The van der Waals surface area contributed by atoms with Crippen LogP contribution in [0.15, 0.2) is 23.5 Å². The van der Waals surface area contributed by atoms with Gasteiger partial charge in [-0.15, -0.1) is 0 Å². The molecule has 0 aliphatic heterocycles. The van der Waals surface area contributed by atoms with E-state index in [1.807, 2.05) is 20.8 Å². The molecule has 6 heteroatoms. The molecule has 176 valence electrons. The first-order valence-corrected chi connectivity index (χ1v) is 11.7. The van der Waals surface area contributed by atoms with Gasteiger partial charge >= 0.3 is 11.9 Å². The van der Waals surface area contributed by atoms with Gasteiger partial charge in [0.2, 0.25) is 0 Å². The lowest BCUT2D eigenvalue weighted by Gasteiger charge is -2.41. The summed E-state index contributed by atoms with van der Waals surface area (Å²) in [4.78, 5) is 23.5. The van der Waals surface area contributed by atoms with Crippen molar-refractivity contribution in [1.82, 2.24) is 0 Å². The van der Waals surface area contributed by atoms with Crippen LogP contribution in [0.1, 0.15) is 79.6 Å². The van der Waals surface area contributed by atoms with Crippen molar-refractivity contribution in [2.45, 2.75) is 91.8 Å². The number of ether oxygens (including phenoxy) is 1. The number of hydrogen-bond acceptors (Lipinski definition) is 5. The zero-order valence-electron chi connectivity index (χ0n) is 19.6. The van der Waals surface area contributed by atoms with Crippen LogP contribution in [-0.2, 0) is 14.3 Å². The number of carbonyl (C=O) groups excluding carboxylic acids is 1. The number of aliphatic hydroxyl groups excluding tert-OH is 2. The summed E-state index contributed by atoms with van der Waals surface area (Å²) >= 11 is 0. The van der Waals surface area contributed by atoms with Gasteiger partial charge in [0.1, 0.15) is 5.76 Å². The van der Waals surface area contributed by atoms with Gasteiger partial charge in [-0.1, -0.05) is 26.8 Å². The predicted octanol–water partition coefficient (Wildman–Crippen LogP) is 4.45. The van der Waals surface area contributed by atoms with Crippen molar-refractivity contribution < 1.29 is 29.6 Å². The fraction of sp³-hybridized carbons (Fsp3) is 0.760. The lowest BCUT2D eigenvalue weighted by molar-refractivity contribution is -0.151. The van der Waals surface area contributed by atoms with E-state index in [4.69, 9.17) is 9.84 Å².